The second-order valence-corrected chi connectivity index (χ2v) is 14.1. The number of methoxy groups -OCH3 is 1. The van der Waals surface area contributed by atoms with Crippen LogP contribution in [-0.2, 0) is 20.8 Å². The van der Waals surface area contributed by atoms with Crippen molar-refractivity contribution in [2.45, 2.75) is 25.5 Å². The van der Waals surface area contributed by atoms with Crippen LogP contribution in [0.25, 0.3) is 33.4 Å². The Labute approximate surface area is 320 Å². The molecule has 4 heterocycles. The molecule has 2 aromatic heterocycles. The molecule has 2 aliphatic heterocycles. The molecule has 11 nitrogen and oxygen atoms in total. The summed E-state index contributed by atoms with van der Waals surface area (Å²) in [5.74, 6) is 0.612. The molecular weight excluding hydrogens is 759 g/mol. The normalized spacial score (nSPS) is 16.2. The van der Waals surface area contributed by atoms with Crippen molar-refractivity contribution in [2.24, 2.45) is 5.92 Å². The number of amides is 1. The Bertz CT molecular complexity index is 2180. The largest absolute Gasteiger partial charge is 0.493 e. The van der Waals surface area contributed by atoms with Gasteiger partial charge in [0.1, 0.15) is 29.9 Å². The third kappa shape index (κ3) is 8.65. The number of hydrogen-bond acceptors (Lipinski definition) is 9. The Balaban J connectivity index is 1.10. The highest BCUT2D eigenvalue weighted by Crippen LogP contribution is 2.36. The number of pyridine rings is 2. The van der Waals surface area contributed by atoms with Crippen molar-refractivity contribution in [3.8, 4) is 44.9 Å². The van der Waals surface area contributed by atoms with E-state index in [1.807, 2.05) is 41.0 Å². The van der Waals surface area contributed by atoms with Crippen LogP contribution in [0.1, 0.15) is 23.2 Å². The number of ether oxygens (including phenoxy) is 5. The number of anilines is 2. The quantitative estimate of drug-likeness (QED) is 0.142. The zero-order valence-corrected chi connectivity index (χ0v) is 31.3. The first-order valence-corrected chi connectivity index (χ1v) is 18.5. The summed E-state index contributed by atoms with van der Waals surface area (Å²) < 4.78 is 45.7. The number of halogens is 2. The van der Waals surface area contributed by atoms with Crippen molar-refractivity contribution >= 4 is 33.3 Å². The summed E-state index contributed by atoms with van der Waals surface area (Å²) in [5.41, 5.74) is 9.52. The molecule has 5 aromatic rings. The van der Waals surface area contributed by atoms with Crippen molar-refractivity contribution < 1.29 is 32.9 Å². The molecule has 1 amide bonds. The molecule has 0 aliphatic carbocycles. The predicted octanol–water partition coefficient (Wildman–Crippen LogP) is 7.21. The smallest absolute Gasteiger partial charge is 0.261 e. The van der Waals surface area contributed by atoms with Crippen molar-refractivity contribution in [2.75, 3.05) is 57.8 Å². The summed E-state index contributed by atoms with van der Waals surface area (Å²) in [6.07, 6.45) is 6.44. The van der Waals surface area contributed by atoms with Gasteiger partial charge in [-0.15, -0.1) is 0 Å². The molecule has 2 fully saturated rings. The maximum atomic E-state index is 15.1. The molecule has 3 N–H and O–H groups in total. The van der Waals surface area contributed by atoms with Gasteiger partial charge in [-0.2, -0.15) is 0 Å². The van der Waals surface area contributed by atoms with Gasteiger partial charge < -0.3 is 39.3 Å². The van der Waals surface area contributed by atoms with E-state index < -0.39 is 17.2 Å². The second-order valence-electron chi connectivity index (χ2n) is 13.2. The Kier molecular flexibility index (Phi) is 11.7. The number of nitrogens with one attached hydrogen (secondary N) is 1. The Morgan fingerprint density at radius 2 is 1.72 bits per heavy atom. The zero-order valence-electron chi connectivity index (χ0n) is 29.7. The summed E-state index contributed by atoms with van der Waals surface area (Å²) in [4.78, 5) is 31.9. The molecule has 2 aliphatic rings. The number of benzene rings is 3. The summed E-state index contributed by atoms with van der Waals surface area (Å²) in [6, 6.07) is 19.2. The van der Waals surface area contributed by atoms with Gasteiger partial charge in [0, 0.05) is 70.8 Å². The van der Waals surface area contributed by atoms with E-state index in [0.29, 0.717) is 85.1 Å². The zero-order chi connectivity index (χ0) is 37.6. The van der Waals surface area contributed by atoms with E-state index in [1.165, 1.54) is 12.1 Å². The minimum atomic E-state index is -0.600. The maximum absolute atomic E-state index is 15.1. The average molecular weight is 800 g/mol. The number of rotatable bonds is 11. The van der Waals surface area contributed by atoms with Crippen LogP contribution in [0.3, 0.4) is 0 Å². The van der Waals surface area contributed by atoms with Crippen molar-refractivity contribution in [3.63, 3.8) is 0 Å². The Morgan fingerprint density at radius 3 is 2.46 bits per heavy atom. The van der Waals surface area contributed by atoms with E-state index >= 15 is 4.39 Å². The molecule has 0 spiro atoms. The second kappa shape index (κ2) is 16.9. The van der Waals surface area contributed by atoms with Gasteiger partial charge in [0.2, 0.25) is 5.43 Å². The first-order valence-electron chi connectivity index (χ1n) is 17.7. The molecule has 280 valence electrons. The summed E-state index contributed by atoms with van der Waals surface area (Å²) in [5, 5.41) is 2.85. The fourth-order valence-electron chi connectivity index (χ4n) is 6.60. The maximum Gasteiger partial charge on any atom is 0.261 e. The van der Waals surface area contributed by atoms with Gasteiger partial charge in [0.15, 0.2) is 11.5 Å². The van der Waals surface area contributed by atoms with Crippen LogP contribution in [0.5, 0.6) is 11.5 Å². The number of carbonyl (C=O) groups is 1. The fourth-order valence-corrected chi connectivity index (χ4v) is 6.94. The van der Waals surface area contributed by atoms with Crippen LogP contribution >= 0.6 is 15.9 Å². The van der Waals surface area contributed by atoms with E-state index in [2.05, 4.69) is 26.2 Å². The third-order valence-electron chi connectivity index (χ3n) is 9.53. The molecule has 54 heavy (non-hydrogen) atoms. The molecule has 0 bridgehead atoms. The van der Waals surface area contributed by atoms with Crippen molar-refractivity contribution in [1.29, 1.82) is 0 Å². The minimum absolute atomic E-state index is 0.0877. The molecule has 1 atom stereocenters. The highest BCUT2D eigenvalue weighted by atomic mass is 79.9. The number of hydrogen-bond donors (Lipinski definition) is 2. The molecule has 0 saturated carbocycles. The third-order valence-corrected chi connectivity index (χ3v) is 10.0. The molecule has 2 saturated heterocycles. The van der Waals surface area contributed by atoms with Crippen LogP contribution in [0.15, 0.2) is 94.6 Å². The number of aromatic nitrogens is 2. The Morgan fingerprint density at radius 1 is 0.926 bits per heavy atom. The predicted molar refractivity (Wildman–Crippen MR) is 207 cm³/mol. The van der Waals surface area contributed by atoms with Crippen molar-refractivity contribution in [3.05, 3.63) is 111 Å². The van der Waals surface area contributed by atoms with Gasteiger partial charge in [-0.1, -0.05) is 40.2 Å². The molecule has 7 rings (SSSR count). The van der Waals surface area contributed by atoms with Crippen LogP contribution in [0.2, 0.25) is 0 Å². The Hall–Kier alpha value is -5.08. The van der Waals surface area contributed by atoms with Gasteiger partial charge in [-0.25, -0.2) is 9.37 Å². The topological polar surface area (TPSA) is 136 Å². The monoisotopic (exact) mass is 798 g/mol. The van der Waals surface area contributed by atoms with Gasteiger partial charge in [-0.05, 0) is 72.4 Å². The lowest BCUT2D eigenvalue weighted by molar-refractivity contribution is -0.101. The van der Waals surface area contributed by atoms with Crippen LogP contribution in [0, 0.1) is 11.7 Å². The molecule has 13 heteroatoms. The van der Waals surface area contributed by atoms with E-state index in [0.717, 1.165) is 29.5 Å². The number of nitrogens with zero attached hydrogens (tertiary/aromatic N) is 2. The van der Waals surface area contributed by atoms with E-state index in [-0.39, 0.29) is 22.8 Å². The van der Waals surface area contributed by atoms with E-state index in [4.69, 9.17) is 29.4 Å². The lowest BCUT2D eigenvalue weighted by Gasteiger charge is -2.23. The molecular formula is C41H40BrFN4O7. The number of nitrogens with two attached hydrogens (primary N) is 1. The van der Waals surface area contributed by atoms with Gasteiger partial charge >= 0.3 is 0 Å². The van der Waals surface area contributed by atoms with Crippen LogP contribution in [0.4, 0.5) is 15.9 Å². The first-order chi connectivity index (χ1) is 26.2. The summed E-state index contributed by atoms with van der Waals surface area (Å²) in [6.45, 7) is 3.81. The van der Waals surface area contributed by atoms with Crippen LogP contribution in [-0.4, -0.2) is 68.3 Å². The minimum Gasteiger partial charge on any atom is -0.493 e. The highest BCUT2D eigenvalue weighted by molar-refractivity contribution is 9.10. The lowest BCUT2D eigenvalue weighted by atomic mass is 9.99. The molecule has 3 aromatic carbocycles. The average Bonchev–Trinajstić information content (AvgIpc) is 3.19. The highest BCUT2D eigenvalue weighted by Gasteiger charge is 2.22. The first kappa shape index (κ1) is 37.2. The van der Waals surface area contributed by atoms with E-state index in [1.54, 1.807) is 43.9 Å². The SMILES string of the molecule is COc1cc(-c2cnc(N)c(-c3ccc(NC(=O)c4cn(CC5CCOCC5)cc(-c5ccc(Br)cc5F)c4=O)cc3)c2)ccc1OC[C@H]1COCCO1. The molecule has 0 unspecified atom stereocenters. The van der Waals surface area contributed by atoms with Gasteiger partial charge in [0.05, 0.1) is 26.9 Å². The number of carbonyl (C=O) groups excluding carboxylic acids is 1. The fraction of sp³-hybridized carbons (Fsp3) is 0.293. The standard InChI is InChI=1S/C41H40BrFN4O7/c1-50-38-17-27(4-9-37(38)54-24-31-23-52-14-15-53-31)28-16-33(40(44)45-19-28)26-2-6-30(7-3-26)46-41(49)35-22-47(20-25-10-12-51-13-11-25)21-34(39(35)48)32-8-5-29(42)18-36(32)43/h2-9,16-19,21-22,25,31H,10-15,20,23-24H2,1H3,(H2,44,45)(H,46,49)/t31-/m1/s1. The summed E-state index contributed by atoms with van der Waals surface area (Å²) in [7, 11) is 1.58. The summed E-state index contributed by atoms with van der Waals surface area (Å²) >= 11 is 3.28. The molecule has 0 radical (unpaired) electrons. The van der Waals surface area contributed by atoms with Crippen LogP contribution < -0.4 is 26.0 Å². The lowest BCUT2D eigenvalue weighted by Crippen LogP contribution is -2.33. The number of nitrogen functional groups attached to an aromatic ring is 1. The van der Waals surface area contributed by atoms with Gasteiger partial charge in [0.25, 0.3) is 5.91 Å². The van der Waals surface area contributed by atoms with Gasteiger partial charge in [-0.3, -0.25) is 9.59 Å². The van der Waals surface area contributed by atoms with Crippen molar-refractivity contribution in [1.82, 2.24) is 9.55 Å². The van der Waals surface area contributed by atoms with E-state index in [9.17, 15) is 9.59 Å².